The molecule has 0 saturated heterocycles. The SMILES string of the molecule is O=C(CC12CC3CC(CC(C3)C1)C2)NNC(=O)c1ccnc2ccccc12. The van der Waals surface area contributed by atoms with Gasteiger partial charge in [-0.1, -0.05) is 18.2 Å². The number of fused-ring (bicyclic) bond motifs is 1. The number of hydrazine groups is 1. The summed E-state index contributed by atoms with van der Waals surface area (Å²) < 4.78 is 0. The summed E-state index contributed by atoms with van der Waals surface area (Å²) in [6.07, 6.45) is 9.83. The number of nitrogens with zero attached hydrogens (tertiary/aromatic N) is 1. The van der Waals surface area contributed by atoms with Crippen LogP contribution in [0.4, 0.5) is 0 Å². The van der Waals surface area contributed by atoms with E-state index >= 15 is 0 Å². The summed E-state index contributed by atoms with van der Waals surface area (Å²) in [6, 6.07) is 9.20. The van der Waals surface area contributed by atoms with Crippen LogP contribution in [-0.2, 0) is 4.79 Å². The lowest BCUT2D eigenvalue weighted by atomic mass is 9.49. The van der Waals surface area contributed by atoms with Gasteiger partial charge in [0.15, 0.2) is 0 Å². The van der Waals surface area contributed by atoms with Crippen LogP contribution < -0.4 is 10.9 Å². The van der Waals surface area contributed by atoms with Crippen molar-refractivity contribution in [2.24, 2.45) is 23.2 Å². The lowest BCUT2D eigenvalue weighted by Crippen LogP contribution is -2.50. The summed E-state index contributed by atoms with van der Waals surface area (Å²) in [5, 5.41) is 0.785. The van der Waals surface area contributed by atoms with Crippen molar-refractivity contribution in [1.29, 1.82) is 0 Å². The Balaban J connectivity index is 1.24. The Morgan fingerprint density at radius 3 is 2.33 bits per heavy atom. The van der Waals surface area contributed by atoms with E-state index in [4.69, 9.17) is 0 Å². The highest BCUT2D eigenvalue weighted by Crippen LogP contribution is 2.61. The predicted molar refractivity (Wildman–Crippen MR) is 103 cm³/mol. The van der Waals surface area contributed by atoms with Gasteiger partial charge < -0.3 is 0 Å². The summed E-state index contributed by atoms with van der Waals surface area (Å²) in [5.41, 5.74) is 6.73. The number of carbonyl (C=O) groups excluding carboxylic acids is 2. The van der Waals surface area contributed by atoms with Gasteiger partial charge in [-0.05, 0) is 73.8 Å². The van der Waals surface area contributed by atoms with Gasteiger partial charge in [0.1, 0.15) is 0 Å². The van der Waals surface area contributed by atoms with Gasteiger partial charge in [-0.3, -0.25) is 25.4 Å². The number of carbonyl (C=O) groups is 2. The van der Waals surface area contributed by atoms with E-state index in [-0.39, 0.29) is 17.2 Å². The average molecular weight is 363 g/mol. The first-order valence-corrected chi connectivity index (χ1v) is 10.0. The third-order valence-corrected chi connectivity index (χ3v) is 6.91. The second-order valence-electron chi connectivity index (χ2n) is 8.97. The van der Waals surface area contributed by atoms with E-state index in [1.165, 1.54) is 38.5 Å². The first-order chi connectivity index (χ1) is 13.1. The number of amides is 2. The number of hydrogen-bond acceptors (Lipinski definition) is 3. The van der Waals surface area contributed by atoms with E-state index in [0.717, 1.165) is 28.7 Å². The molecule has 1 aromatic carbocycles. The van der Waals surface area contributed by atoms with Crippen molar-refractivity contribution in [3.63, 3.8) is 0 Å². The highest BCUT2D eigenvalue weighted by Gasteiger charge is 2.51. The van der Waals surface area contributed by atoms with Crippen LogP contribution in [0.2, 0.25) is 0 Å². The molecule has 4 saturated carbocycles. The van der Waals surface area contributed by atoms with Crippen molar-refractivity contribution >= 4 is 22.7 Å². The van der Waals surface area contributed by atoms with Crippen molar-refractivity contribution in [2.75, 3.05) is 0 Å². The van der Waals surface area contributed by atoms with Crippen LogP contribution in [0.1, 0.15) is 55.3 Å². The molecular formula is C22H25N3O2. The Labute approximate surface area is 158 Å². The molecule has 4 fully saturated rings. The molecule has 6 rings (SSSR count). The Morgan fingerprint density at radius 1 is 0.963 bits per heavy atom. The number of nitrogens with one attached hydrogen (secondary N) is 2. The Hall–Kier alpha value is -2.43. The van der Waals surface area contributed by atoms with E-state index < -0.39 is 0 Å². The maximum absolute atomic E-state index is 12.6. The minimum absolute atomic E-state index is 0.0661. The Kier molecular flexibility index (Phi) is 3.92. The number of aromatic nitrogens is 1. The molecule has 0 aliphatic heterocycles. The molecule has 2 N–H and O–H groups in total. The minimum Gasteiger partial charge on any atom is -0.273 e. The van der Waals surface area contributed by atoms with Crippen molar-refractivity contribution in [3.05, 3.63) is 42.1 Å². The molecule has 4 bridgehead atoms. The normalized spacial score (nSPS) is 31.0. The van der Waals surface area contributed by atoms with Crippen LogP contribution in [0.25, 0.3) is 10.9 Å². The maximum Gasteiger partial charge on any atom is 0.270 e. The monoisotopic (exact) mass is 363 g/mol. The fourth-order valence-electron chi connectivity index (χ4n) is 6.38. The molecular weight excluding hydrogens is 338 g/mol. The highest BCUT2D eigenvalue weighted by atomic mass is 16.2. The number of benzene rings is 1. The first kappa shape index (κ1) is 16.7. The van der Waals surface area contributed by atoms with E-state index in [0.29, 0.717) is 12.0 Å². The fraction of sp³-hybridized carbons (Fsp3) is 0.500. The molecule has 1 heterocycles. The lowest BCUT2D eigenvalue weighted by molar-refractivity contribution is -0.130. The van der Waals surface area contributed by atoms with Crippen LogP contribution in [-0.4, -0.2) is 16.8 Å². The molecule has 1 aromatic heterocycles. The van der Waals surface area contributed by atoms with Crippen molar-refractivity contribution < 1.29 is 9.59 Å². The largest absolute Gasteiger partial charge is 0.273 e. The van der Waals surface area contributed by atoms with E-state index in [1.807, 2.05) is 24.3 Å². The minimum atomic E-state index is -0.299. The predicted octanol–water partition coefficient (Wildman–Crippen LogP) is 3.60. The zero-order chi connectivity index (χ0) is 18.4. The van der Waals surface area contributed by atoms with Gasteiger partial charge in [0.2, 0.25) is 5.91 Å². The quantitative estimate of drug-likeness (QED) is 0.819. The van der Waals surface area contributed by atoms with Gasteiger partial charge in [-0.15, -0.1) is 0 Å². The van der Waals surface area contributed by atoms with Crippen LogP contribution in [0.5, 0.6) is 0 Å². The molecule has 140 valence electrons. The highest BCUT2D eigenvalue weighted by molar-refractivity contribution is 6.06. The smallest absolute Gasteiger partial charge is 0.270 e. The van der Waals surface area contributed by atoms with E-state index in [2.05, 4.69) is 15.8 Å². The van der Waals surface area contributed by atoms with Crippen LogP contribution in [0, 0.1) is 23.2 Å². The summed E-state index contributed by atoms with van der Waals surface area (Å²) in [7, 11) is 0. The number of para-hydroxylation sites is 1. The van der Waals surface area contributed by atoms with Crippen LogP contribution in [0.3, 0.4) is 0 Å². The molecule has 0 atom stereocenters. The zero-order valence-electron chi connectivity index (χ0n) is 15.4. The summed E-state index contributed by atoms with van der Waals surface area (Å²) in [4.78, 5) is 29.4. The van der Waals surface area contributed by atoms with E-state index in [9.17, 15) is 9.59 Å². The van der Waals surface area contributed by atoms with Gasteiger partial charge in [-0.25, -0.2) is 0 Å². The van der Waals surface area contributed by atoms with Crippen LogP contribution >= 0.6 is 0 Å². The van der Waals surface area contributed by atoms with Crippen molar-refractivity contribution in [2.45, 2.75) is 44.9 Å². The first-order valence-electron chi connectivity index (χ1n) is 10.0. The van der Waals surface area contributed by atoms with Gasteiger partial charge in [-0.2, -0.15) is 0 Å². The van der Waals surface area contributed by atoms with Crippen LogP contribution in [0.15, 0.2) is 36.5 Å². The van der Waals surface area contributed by atoms with Gasteiger partial charge >= 0.3 is 0 Å². The number of rotatable bonds is 3. The molecule has 2 aromatic rings. The maximum atomic E-state index is 12.6. The summed E-state index contributed by atoms with van der Waals surface area (Å²) in [6.45, 7) is 0. The second-order valence-corrected chi connectivity index (χ2v) is 8.97. The molecule has 0 unspecified atom stereocenters. The topological polar surface area (TPSA) is 71.1 Å². The van der Waals surface area contributed by atoms with E-state index in [1.54, 1.807) is 12.3 Å². The fourth-order valence-corrected chi connectivity index (χ4v) is 6.38. The number of pyridine rings is 1. The molecule has 2 amide bonds. The van der Waals surface area contributed by atoms with Gasteiger partial charge in [0.25, 0.3) is 5.91 Å². The molecule has 5 heteroatoms. The Bertz CT molecular complexity index is 867. The molecule has 4 aliphatic carbocycles. The van der Waals surface area contributed by atoms with Gasteiger partial charge in [0.05, 0.1) is 11.1 Å². The zero-order valence-corrected chi connectivity index (χ0v) is 15.4. The lowest BCUT2D eigenvalue weighted by Gasteiger charge is -2.56. The second kappa shape index (κ2) is 6.32. The molecule has 0 spiro atoms. The molecule has 4 aliphatic rings. The molecule has 0 radical (unpaired) electrons. The van der Waals surface area contributed by atoms with Crippen molar-refractivity contribution in [1.82, 2.24) is 15.8 Å². The van der Waals surface area contributed by atoms with Gasteiger partial charge in [0, 0.05) is 18.0 Å². The summed E-state index contributed by atoms with van der Waals surface area (Å²) >= 11 is 0. The third-order valence-electron chi connectivity index (χ3n) is 6.91. The average Bonchev–Trinajstić information content (AvgIpc) is 2.64. The summed E-state index contributed by atoms with van der Waals surface area (Å²) in [5.74, 6) is 2.10. The Morgan fingerprint density at radius 2 is 1.63 bits per heavy atom. The standard InChI is InChI=1S/C22H25N3O2/c26-20(13-22-10-14-7-15(11-22)9-16(8-14)12-22)24-25-21(27)18-5-6-23-19-4-2-1-3-17(18)19/h1-6,14-16H,7-13H2,(H,24,26)(H,25,27). The number of hydrogen-bond donors (Lipinski definition) is 2. The van der Waals surface area contributed by atoms with Crippen molar-refractivity contribution in [3.8, 4) is 0 Å². The molecule has 27 heavy (non-hydrogen) atoms. The third kappa shape index (κ3) is 3.09. The molecule has 5 nitrogen and oxygen atoms in total.